The van der Waals surface area contributed by atoms with Gasteiger partial charge in [0.05, 0.1) is 24.9 Å². The van der Waals surface area contributed by atoms with Crippen LogP contribution in [0.1, 0.15) is 37.6 Å². The summed E-state index contributed by atoms with van der Waals surface area (Å²) in [5.41, 5.74) is 3.27. The highest BCUT2D eigenvalue weighted by atomic mass is 32.1. The largest absolute Gasteiger partial charge is 0.491 e. The molecule has 0 atom stereocenters. The van der Waals surface area contributed by atoms with Crippen LogP contribution >= 0.6 is 11.3 Å². The molecule has 0 aliphatic rings. The number of aromatic nitrogens is 1. The third kappa shape index (κ3) is 6.75. The maximum atomic E-state index is 5.95. The molecular weight excluding hydrogens is 358 g/mol. The summed E-state index contributed by atoms with van der Waals surface area (Å²) >= 11 is 1.64. The second kappa shape index (κ2) is 10.2. The summed E-state index contributed by atoms with van der Waals surface area (Å²) in [6, 6.07) is 6.25. The third-order valence-corrected chi connectivity index (χ3v) is 4.75. The van der Waals surface area contributed by atoms with E-state index in [9.17, 15) is 0 Å². The van der Waals surface area contributed by atoms with Crippen molar-refractivity contribution in [3.8, 4) is 5.75 Å². The summed E-state index contributed by atoms with van der Waals surface area (Å²) in [5, 5.41) is 9.72. The molecule has 2 rings (SSSR count). The predicted octanol–water partition coefficient (Wildman–Crippen LogP) is 3.56. The number of rotatable bonds is 8. The number of nitrogens with zero attached hydrogens (tertiary/aromatic N) is 3. The molecule has 0 saturated carbocycles. The van der Waals surface area contributed by atoms with Crippen molar-refractivity contribution >= 4 is 22.4 Å². The topological polar surface area (TPSA) is 61.8 Å². The van der Waals surface area contributed by atoms with E-state index in [0.717, 1.165) is 34.6 Å². The molecular formula is C20H31N5OS. The first-order valence-electron chi connectivity index (χ1n) is 9.29. The summed E-state index contributed by atoms with van der Waals surface area (Å²) in [6.45, 7) is 10.2. The van der Waals surface area contributed by atoms with E-state index in [4.69, 9.17) is 9.73 Å². The first-order valence-corrected chi connectivity index (χ1v) is 10.2. The number of thiazole rings is 1. The Morgan fingerprint density at radius 3 is 2.70 bits per heavy atom. The Hall–Kier alpha value is -2.28. The fourth-order valence-corrected chi connectivity index (χ4v) is 3.18. The second-order valence-corrected chi connectivity index (χ2v) is 7.68. The molecule has 0 aliphatic carbocycles. The maximum Gasteiger partial charge on any atom is 0.191 e. The van der Waals surface area contributed by atoms with Crippen LogP contribution in [0.4, 0.5) is 5.13 Å². The van der Waals surface area contributed by atoms with Crippen molar-refractivity contribution in [2.45, 2.75) is 46.9 Å². The molecule has 0 saturated heterocycles. The Morgan fingerprint density at radius 1 is 1.30 bits per heavy atom. The normalized spacial score (nSPS) is 11.6. The van der Waals surface area contributed by atoms with Crippen LogP contribution in [0.15, 0.2) is 28.6 Å². The number of anilines is 1. The molecule has 148 valence electrons. The monoisotopic (exact) mass is 389 g/mol. The molecule has 0 aliphatic heterocycles. The second-order valence-electron chi connectivity index (χ2n) is 6.84. The molecule has 0 fully saturated rings. The molecule has 2 aromatic rings. The van der Waals surface area contributed by atoms with E-state index in [1.54, 1.807) is 11.3 Å². The van der Waals surface area contributed by atoms with E-state index in [1.807, 2.05) is 32.8 Å². The van der Waals surface area contributed by atoms with Gasteiger partial charge in [-0.25, -0.2) is 9.98 Å². The fourth-order valence-electron chi connectivity index (χ4n) is 2.42. The van der Waals surface area contributed by atoms with Gasteiger partial charge in [0.2, 0.25) is 0 Å². The van der Waals surface area contributed by atoms with Gasteiger partial charge < -0.3 is 20.3 Å². The molecule has 0 radical (unpaired) electrons. The summed E-state index contributed by atoms with van der Waals surface area (Å²) in [5.74, 6) is 1.67. The van der Waals surface area contributed by atoms with Crippen LogP contribution in [0.5, 0.6) is 5.75 Å². The fraction of sp³-hybridized carbons (Fsp3) is 0.500. The molecule has 2 N–H and O–H groups in total. The van der Waals surface area contributed by atoms with Gasteiger partial charge in [0.15, 0.2) is 11.1 Å². The van der Waals surface area contributed by atoms with Gasteiger partial charge in [-0.15, -0.1) is 11.3 Å². The van der Waals surface area contributed by atoms with Gasteiger partial charge in [-0.1, -0.05) is 12.1 Å². The average molecular weight is 390 g/mol. The highest BCUT2D eigenvalue weighted by Crippen LogP contribution is 2.22. The average Bonchev–Trinajstić information content (AvgIpc) is 3.07. The molecule has 6 nitrogen and oxygen atoms in total. The first kappa shape index (κ1) is 21.0. The number of guanidine groups is 1. The van der Waals surface area contributed by atoms with Crippen molar-refractivity contribution in [3.05, 3.63) is 40.4 Å². The Labute approximate surface area is 166 Å². The van der Waals surface area contributed by atoms with E-state index in [2.05, 4.69) is 53.0 Å². The van der Waals surface area contributed by atoms with Crippen LogP contribution < -0.4 is 20.3 Å². The van der Waals surface area contributed by atoms with Crippen molar-refractivity contribution in [2.24, 2.45) is 4.99 Å². The zero-order valence-corrected chi connectivity index (χ0v) is 18.0. The van der Waals surface area contributed by atoms with E-state index in [1.165, 1.54) is 5.56 Å². The van der Waals surface area contributed by atoms with Gasteiger partial charge in [-0.3, -0.25) is 0 Å². The SMILES string of the molecule is CCNC(=NCc1ccc(C)cc1OC(C)C)NCc1csc(N(C)C)n1. The highest BCUT2D eigenvalue weighted by molar-refractivity contribution is 7.13. The number of ether oxygens (including phenoxy) is 1. The molecule has 27 heavy (non-hydrogen) atoms. The third-order valence-electron chi connectivity index (χ3n) is 3.70. The summed E-state index contributed by atoms with van der Waals surface area (Å²) < 4.78 is 5.95. The Kier molecular flexibility index (Phi) is 7.91. The number of benzene rings is 1. The van der Waals surface area contributed by atoms with Gasteiger partial charge in [0, 0.05) is 31.6 Å². The smallest absolute Gasteiger partial charge is 0.191 e. The van der Waals surface area contributed by atoms with E-state index < -0.39 is 0 Å². The van der Waals surface area contributed by atoms with Crippen LogP contribution in [0.2, 0.25) is 0 Å². The zero-order chi connectivity index (χ0) is 19.8. The lowest BCUT2D eigenvalue weighted by atomic mass is 10.1. The van der Waals surface area contributed by atoms with Gasteiger partial charge >= 0.3 is 0 Å². The van der Waals surface area contributed by atoms with Crippen LogP contribution in [0, 0.1) is 6.92 Å². The minimum atomic E-state index is 0.136. The predicted molar refractivity (Wildman–Crippen MR) is 115 cm³/mol. The number of nitrogens with one attached hydrogen (secondary N) is 2. The molecule has 1 heterocycles. The number of aryl methyl sites for hydroxylation is 1. The molecule has 0 unspecified atom stereocenters. The lowest BCUT2D eigenvalue weighted by Crippen LogP contribution is -2.36. The molecule has 1 aromatic heterocycles. The van der Waals surface area contributed by atoms with E-state index in [-0.39, 0.29) is 6.10 Å². The van der Waals surface area contributed by atoms with Crippen molar-refractivity contribution < 1.29 is 4.74 Å². The Balaban J connectivity index is 2.06. The van der Waals surface area contributed by atoms with Crippen LogP contribution in [0.3, 0.4) is 0 Å². The van der Waals surface area contributed by atoms with Gasteiger partial charge in [0.25, 0.3) is 0 Å². The van der Waals surface area contributed by atoms with Crippen molar-refractivity contribution in [2.75, 3.05) is 25.5 Å². The zero-order valence-electron chi connectivity index (χ0n) is 17.2. The number of hydrogen-bond acceptors (Lipinski definition) is 5. The Bertz CT molecular complexity index is 755. The standard InChI is InChI=1S/C20H31N5OS/c1-7-21-19(23-12-17-13-27-20(24-17)25(5)6)22-11-16-9-8-15(4)10-18(16)26-14(2)3/h8-10,13-14H,7,11-12H2,1-6H3,(H2,21,22,23). The van der Waals surface area contributed by atoms with Crippen molar-refractivity contribution in [1.82, 2.24) is 15.6 Å². The molecule has 0 spiro atoms. The Morgan fingerprint density at radius 2 is 2.07 bits per heavy atom. The summed E-state index contributed by atoms with van der Waals surface area (Å²) in [4.78, 5) is 11.3. The van der Waals surface area contributed by atoms with Gasteiger partial charge in [-0.05, 0) is 39.3 Å². The van der Waals surface area contributed by atoms with Gasteiger partial charge in [-0.2, -0.15) is 0 Å². The molecule has 0 bridgehead atoms. The maximum absolute atomic E-state index is 5.95. The summed E-state index contributed by atoms with van der Waals surface area (Å²) in [7, 11) is 4.00. The minimum Gasteiger partial charge on any atom is -0.491 e. The molecule has 7 heteroatoms. The van der Waals surface area contributed by atoms with Gasteiger partial charge in [0.1, 0.15) is 5.75 Å². The van der Waals surface area contributed by atoms with E-state index >= 15 is 0 Å². The quantitative estimate of drug-likeness (QED) is 0.534. The van der Waals surface area contributed by atoms with Crippen LogP contribution in [0.25, 0.3) is 0 Å². The minimum absolute atomic E-state index is 0.136. The highest BCUT2D eigenvalue weighted by Gasteiger charge is 2.08. The van der Waals surface area contributed by atoms with Crippen LogP contribution in [-0.4, -0.2) is 37.7 Å². The first-order chi connectivity index (χ1) is 12.9. The van der Waals surface area contributed by atoms with Crippen molar-refractivity contribution in [3.63, 3.8) is 0 Å². The van der Waals surface area contributed by atoms with Crippen molar-refractivity contribution in [1.29, 1.82) is 0 Å². The lowest BCUT2D eigenvalue weighted by Gasteiger charge is -2.15. The number of aliphatic imine (C=N–C) groups is 1. The molecule has 1 aromatic carbocycles. The summed E-state index contributed by atoms with van der Waals surface area (Å²) in [6.07, 6.45) is 0.136. The van der Waals surface area contributed by atoms with Crippen LogP contribution in [-0.2, 0) is 13.1 Å². The number of hydrogen-bond donors (Lipinski definition) is 2. The lowest BCUT2D eigenvalue weighted by molar-refractivity contribution is 0.240. The van der Waals surface area contributed by atoms with E-state index in [0.29, 0.717) is 13.1 Å². The molecule has 0 amide bonds.